The monoisotopic (exact) mass is 283 g/mol. The van der Waals surface area contributed by atoms with E-state index in [0.717, 1.165) is 17.1 Å². The van der Waals surface area contributed by atoms with Crippen molar-refractivity contribution >= 4 is 28.7 Å². The smallest absolute Gasteiger partial charge is 0.219 e. The zero-order chi connectivity index (χ0) is 13.9. The summed E-state index contributed by atoms with van der Waals surface area (Å²) in [5.74, 6) is 1.11. The first-order chi connectivity index (χ1) is 9.78. The average Bonchev–Trinajstić information content (AvgIpc) is 2.51. The zero-order valence-electron chi connectivity index (χ0n) is 10.4. The van der Waals surface area contributed by atoms with E-state index >= 15 is 0 Å². The summed E-state index contributed by atoms with van der Waals surface area (Å²) in [5.41, 5.74) is 0.512. The number of aromatic nitrogens is 1. The summed E-state index contributed by atoms with van der Waals surface area (Å²) < 4.78 is 5.76. The third kappa shape index (κ3) is 2.36. The Morgan fingerprint density at radius 1 is 1.00 bits per heavy atom. The fourth-order valence-corrected chi connectivity index (χ4v) is 2.19. The fraction of sp³-hybridized carbons (Fsp3) is 0. The van der Waals surface area contributed by atoms with E-state index in [4.69, 9.17) is 16.3 Å². The van der Waals surface area contributed by atoms with Crippen molar-refractivity contribution in [1.29, 1.82) is 0 Å². The third-order valence-corrected chi connectivity index (χ3v) is 3.27. The number of halogens is 1. The average molecular weight is 284 g/mol. The summed E-state index contributed by atoms with van der Waals surface area (Å²) in [4.78, 5) is 14.7. The zero-order valence-corrected chi connectivity index (χ0v) is 11.2. The summed E-state index contributed by atoms with van der Waals surface area (Å²) in [6, 6.07) is 14.6. The molecule has 2 aromatic carbocycles. The van der Waals surface area contributed by atoms with Crippen LogP contribution < -0.4 is 4.74 Å². The second kappa shape index (κ2) is 5.31. The maximum atomic E-state index is 10.6. The molecule has 98 valence electrons. The number of carbonyl (C=O) groups is 1. The van der Waals surface area contributed by atoms with Crippen molar-refractivity contribution in [2.75, 3.05) is 0 Å². The highest BCUT2D eigenvalue weighted by molar-refractivity contribution is 6.35. The Kier molecular flexibility index (Phi) is 3.35. The van der Waals surface area contributed by atoms with Gasteiger partial charge in [0.1, 0.15) is 5.75 Å². The quantitative estimate of drug-likeness (QED) is 0.665. The number of nitrogens with zero attached hydrogens (tertiary/aromatic N) is 1. The molecule has 20 heavy (non-hydrogen) atoms. The molecule has 0 aliphatic rings. The minimum absolute atomic E-state index is 0.433. The Balaban J connectivity index is 2.02. The van der Waals surface area contributed by atoms with Crippen molar-refractivity contribution in [2.45, 2.75) is 0 Å². The normalized spacial score (nSPS) is 10.4. The fourth-order valence-electron chi connectivity index (χ4n) is 1.96. The van der Waals surface area contributed by atoms with Crippen molar-refractivity contribution in [3.8, 4) is 11.6 Å². The molecule has 4 heteroatoms. The molecule has 0 radical (unpaired) electrons. The topological polar surface area (TPSA) is 39.2 Å². The van der Waals surface area contributed by atoms with Crippen molar-refractivity contribution in [3.63, 3.8) is 0 Å². The minimum atomic E-state index is 0.433. The molecule has 1 heterocycles. The number of benzene rings is 2. The first kappa shape index (κ1) is 12.6. The number of rotatable bonds is 3. The van der Waals surface area contributed by atoms with Crippen LogP contribution in [-0.4, -0.2) is 11.3 Å². The number of ether oxygens (including phenoxy) is 1. The SMILES string of the molecule is O=Cc1ccc(Oc2ccc(Cl)c3ccccc23)nc1. The van der Waals surface area contributed by atoms with Gasteiger partial charge >= 0.3 is 0 Å². The molecule has 0 aliphatic heterocycles. The van der Waals surface area contributed by atoms with Crippen LogP contribution in [-0.2, 0) is 0 Å². The standard InChI is InChI=1S/C16H10ClNO2/c17-14-6-7-15(13-4-2-1-3-12(13)14)20-16-8-5-11(10-19)9-18-16/h1-10H. The van der Waals surface area contributed by atoms with Crippen LogP contribution in [0.25, 0.3) is 10.8 Å². The molecule has 0 fully saturated rings. The second-order valence-electron chi connectivity index (χ2n) is 4.24. The molecule has 3 rings (SSSR count). The Morgan fingerprint density at radius 2 is 1.80 bits per heavy atom. The molecular formula is C16H10ClNO2. The Labute approximate surface area is 120 Å². The molecule has 1 aromatic heterocycles. The predicted molar refractivity (Wildman–Crippen MR) is 78.7 cm³/mol. The summed E-state index contributed by atoms with van der Waals surface area (Å²) in [5, 5.41) is 2.52. The Bertz CT molecular complexity index is 769. The molecule has 0 amide bonds. The molecule has 0 aliphatic carbocycles. The van der Waals surface area contributed by atoms with E-state index < -0.39 is 0 Å². The van der Waals surface area contributed by atoms with Gasteiger partial charge in [0.2, 0.25) is 5.88 Å². The van der Waals surface area contributed by atoms with Gasteiger partial charge in [-0.1, -0.05) is 35.9 Å². The molecule has 0 bridgehead atoms. The van der Waals surface area contributed by atoms with E-state index in [0.29, 0.717) is 22.2 Å². The van der Waals surface area contributed by atoms with Gasteiger partial charge < -0.3 is 4.74 Å². The highest BCUT2D eigenvalue weighted by Crippen LogP contribution is 2.33. The van der Waals surface area contributed by atoms with Gasteiger partial charge in [-0.2, -0.15) is 0 Å². The van der Waals surface area contributed by atoms with Crippen molar-refractivity contribution in [2.24, 2.45) is 0 Å². The summed E-state index contributed by atoms with van der Waals surface area (Å²) in [7, 11) is 0. The Hall–Kier alpha value is -2.39. The first-order valence-corrected chi connectivity index (χ1v) is 6.42. The largest absolute Gasteiger partial charge is 0.438 e. The van der Waals surface area contributed by atoms with Crippen LogP contribution in [0, 0.1) is 0 Å². The van der Waals surface area contributed by atoms with Crippen LogP contribution in [0.2, 0.25) is 5.02 Å². The highest BCUT2D eigenvalue weighted by atomic mass is 35.5. The molecular weight excluding hydrogens is 274 g/mol. The van der Waals surface area contributed by atoms with Gasteiger partial charge in [-0.05, 0) is 18.2 Å². The first-order valence-electron chi connectivity index (χ1n) is 6.04. The molecule has 0 atom stereocenters. The molecule has 0 spiro atoms. The summed E-state index contributed by atoms with van der Waals surface area (Å²) >= 11 is 6.16. The van der Waals surface area contributed by atoms with Gasteiger partial charge in [0.25, 0.3) is 0 Å². The summed E-state index contributed by atoms with van der Waals surface area (Å²) in [6.45, 7) is 0. The molecule has 3 aromatic rings. The van der Waals surface area contributed by atoms with Gasteiger partial charge in [0.05, 0.1) is 0 Å². The lowest BCUT2D eigenvalue weighted by atomic mass is 10.1. The summed E-state index contributed by atoms with van der Waals surface area (Å²) in [6.07, 6.45) is 2.22. The van der Waals surface area contributed by atoms with Crippen LogP contribution in [0.3, 0.4) is 0 Å². The van der Waals surface area contributed by atoms with Crippen LogP contribution in [0.4, 0.5) is 0 Å². The van der Waals surface area contributed by atoms with E-state index in [9.17, 15) is 4.79 Å². The van der Waals surface area contributed by atoms with Gasteiger partial charge in [-0.25, -0.2) is 4.98 Å². The second-order valence-corrected chi connectivity index (χ2v) is 4.65. The highest BCUT2D eigenvalue weighted by Gasteiger charge is 2.07. The molecule has 0 saturated heterocycles. The van der Waals surface area contributed by atoms with Crippen molar-refractivity contribution in [1.82, 2.24) is 4.98 Å². The van der Waals surface area contributed by atoms with Crippen molar-refractivity contribution in [3.05, 3.63) is 65.3 Å². The van der Waals surface area contributed by atoms with Gasteiger partial charge in [-0.15, -0.1) is 0 Å². The van der Waals surface area contributed by atoms with E-state index in [1.807, 2.05) is 24.3 Å². The minimum Gasteiger partial charge on any atom is -0.438 e. The van der Waals surface area contributed by atoms with Gasteiger partial charge in [-0.3, -0.25) is 4.79 Å². The molecule has 0 saturated carbocycles. The third-order valence-electron chi connectivity index (χ3n) is 2.94. The van der Waals surface area contributed by atoms with Crippen molar-refractivity contribution < 1.29 is 9.53 Å². The number of pyridine rings is 1. The lowest BCUT2D eigenvalue weighted by molar-refractivity contribution is 0.112. The van der Waals surface area contributed by atoms with E-state index in [1.165, 1.54) is 6.20 Å². The van der Waals surface area contributed by atoms with Crippen LogP contribution in [0.1, 0.15) is 10.4 Å². The van der Waals surface area contributed by atoms with Crippen LogP contribution >= 0.6 is 11.6 Å². The van der Waals surface area contributed by atoms with Gasteiger partial charge in [0, 0.05) is 33.6 Å². The maximum absolute atomic E-state index is 10.6. The predicted octanol–water partition coefficient (Wildman–Crippen LogP) is 4.49. The maximum Gasteiger partial charge on any atom is 0.219 e. The lowest BCUT2D eigenvalue weighted by Gasteiger charge is -2.09. The Morgan fingerprint density at radius 3 is 2.50 bits per heavy atom. The molecule has 0 N–H and O–H groups in total. The number of hydrogen-bond donors (Lipinski definition) is 0. The number of hydrogen-bond acceptors (Lipinski definition) is 3. The van der Waals surface area contributed by atoms with Crippen LogP contribution in [0.5, 0.6) is 11.6 Å². The van der Waals surface area contributed by atoms with Crippen LogP contribution in [0.15, 0.2) is 54.7 Å². The number of aldehydes is 1. The van der Waals surface area contributed by atoms with E-state index in [2.05, 4.69) is 4.98 Å². The molecule has 0 unspecified atom stereocenters. The molecule has 3 nitrogen and oxygen atoms in total. The number of carbonyl (C=O) groups excluding carboxylic acids is 1. The lowest BCUT2D eigenvalue weighted by Crippen LogP contribution is -1.90. The van der Waals surface area contributed by atoms with E-state index in [1.54, 1.807) is 24.3 Å². The van der Waals surface area contributed by atoms with Gasteiger partial charge in [0.15, 0.2) is 6.29 Å². The van der Waals surface area contributed by atoms with E-state index in [-0.39, 0.29) is 0 Å². The number of fused-ring (bicyclic) bond motifs is 1.